The maximum Gasteiger partial charge on any atom is 0.433 e. The smallest absolute Gasteiger partial charge is 0.433 e. The molecular weight excluding hydrogens is 524 g/mol. The van der Waals surface area contributed by atoms with Crippen LogP contribution >= 0.6 is 12.0 Å². The molecule has 204 valence electrons. The topological polar surface area (TPSA) is 132 Å². The molecule has 0 aliphatic heterocycles. The van der Waals surface area contributed by atoms with Crippen molar-refractivity contribution in [2.24, 2.45) is 4.99 Å². The number of benzene rings is 2. The van der Waals surface area contributed by atoms with Crippen molar-refractivity contribution < 1.29 is 33.5 Å². The number of hydroxylamine groups is 1. The van der Waals surface area contributed by atoms with Crippen LogP contribution in [0.3, 0.4) is 0 Å². The lowest BCUT2D eigenvalue weighted by atomic mass is 9.83. The third-order valence-corrected chi connectivity index (χ3v) is 6.56. The van der Waals surface area contributed by atoms with Crippen LogP contribution in [-0.2, 0) is 14.1 Å². The number of ketones is 1. The highest BCUT2D eigenvalue weighted by Crippen LogP contribution is 2.42. The Kier molecular flexibility index (Phi) is 8.94. The van der Waals surface area contributed by atoms with Gasteiger partial charge in [0.2, 0.25) is 11.8 Å². The van der Waals surface area contributed by atoms with Crippen molar-refractivity contribution in [3.8, 4) is 17.1 Å². The van der Waals surface area contributed by atoms with E-state index in [4.69, 9.17) is 14.1 Å². The summed E-state index contributed by atoms with van der Waals surface area (Å²) < 4.78 is 10.9. The molecule has 0 unspecified atom stereocenters. The number of fused-ring (bicyclic) bond motifs is 2. The molecule has 4 rings (SSSR count). The lowest BCUT2D eigenvalue weighted by molar-refractivity contribution is -0.244. The van der Waals surface area contributed by atoms with Gasteiger partial charge in [0.1, 0.15) is 0 Å². The lowest BCUT2D eigenvalue weighted by Gasteiger charge is -2.18. The van der Waals surface area contributed by atoms with Crippen LogP contribution in [0.15, 0.2) is 58.4 Å². The van der Waals surface area contributed by atoms with Crippen molar-refractivity contribution in [2.45, 2.75) is 18.2 Å². The number of ether oxygens (including phenoxy) is 1. The Morgan fingerprint density at radius 2 is 1.77 bits per heavy atom. The molecule has 0 atom stereocenters. The molecule has 0 spiro atoms. The molecule has 39 heavy (non-hydrogen) atoms. The Balaban J connectivity index is 1.67. The number of aromatic hydroxyl groups is 1. The van der Waals surface area contributed by atoms with E-state index in [0.29, 0.717) is 22.6 Å². The summed E-state index contributed by atoms with van der Waals surface area (Å²) in [6, 6.07) is 13.4. The van der Waals surface area contributed by atoms with Gasteiger partial charge in [-0.2, -0.15) is 10.5 Å². The summed E-state index contributed by atoms with van der Waals surface area (Å²) in [7, 11) is 5.16. The van der Waals surface area contributed by atoms with E-state index < -0.39 is 23.7 Å². The minimum Gasteiger partial charge on any atom is -0.494 e. The van der Waals surface area contributed by atoms with E-state index in [9.17, 15) is 19.5 Å². The maximum absolute atomic E-state index is 13.7. The molecule has 0 saturated carbocycles. The zero-order chi connectivity index (χ0) is 28.1. The van der Waals surface area contributed by atoms with Gasteiger partial charge >= 0.3 is 6.09 Å². The first-order valence-corrected chi connectivity index (χ1v) is 12.8. The molecule has 0 bridgehead atoms. The molecule has 0 saturated heterocycles. The number of nitrogens with zero attached hydrogens (tertiary/aromatic N) is 3. The molecular formula is C27H28N4O7S. The molecule has 3 aromatic rings. The first-order chi connectivity index (χ1) is 18.7. The Morgan fingerprint density at radius 1 is 1.08 bits per heavy atom. The first-order valence-electron chi connectivity index (χ1n) is 12.0. The van der Waals surface area contributed by atoms with Gasteiger partial charge in [-0.1, -0.05) is 36.4 Å². The summed E-state index contributed by atoms with van der Waals surface area (Å²) in [4.78, 5) is 50.3. The van der Waals surface area contributed by atoms with Gasteiger partial charge in [0.05, 0.1) is 41.7 Å². The number of methoxy groups -OCH3 is 1. The van der Waals surface area contributed by atoms with E-state index in [1.165, 1.54) is 14.0 Å². The summed E-state index contributed by atoms with van der Waals surface area (Å²) >= 11 is 0.978. The highest BCUT2D eigenvalue weighted by atomic mass is 32.2. The minimum absolute atomic E-state index is 0.00942. The Morgan fingerprint density at radius 3 is 2.41 bits per heavy atom. The largest absolute Gasteiger partial charge is 0.494 e. The van der Waals surface area contributed by atoms with E-state index in [0.717, 1.165) is 29.6 Å². The number of carbonyl (C=O) groups excluding carboxylic acids is 3. The SMILES string of the molecule is COC(=O)/N=C1\c2ccccc2C(=O)c2c1c(O)n(C(C)=O)c2-c1ccc(SOONCCCN(C)C)cc1. The summed E-state index contributed by atoms with van der Waals surface area (Å²) in [5.41, 5.74) is 4.12. The maximum atomic E-state index is 13.7. The van der Waals surface area contributed by atoms with Crippen LogP contribution in [0.25, 0.3) is 11.3 Å². The van der Waals surface area contributed by atoms with Crippen LogP contribution in [-0.4, -0.2) is 72.4 Å². The molecule has 1 aliphatic carbocycles. The van der Waals surface area contributed by atoms with E-state index in [2.05, 4.69) is 15.4 Å². The number of hydrogen-bond acceptors (Lipinski definition) is 10. The number of rotatable bonds is 9. The van der Waals surface area contributed by atoms with Gasteiger partial charge in [0.15, 0.2) is 5.78 Å². The lowest BCUT2D eigenvalue weighted by Crippen LogP contribution is -2.21. The van der Waals surface area contributed by atoms with Gasteiger partial charge < -0.3 is 14.7 Å². The van der Waals surface area contributed by atoms with Crippen molar-refractivity contribution in [3.63, 3.8) is 0 Å². The van der Waals surface area contributed by atoms with Gasteiger partial charge in [-0.3, -0.25) is 9.59 Å². The van der Waals surface area contributed by atoms with E-state index in [1.807, 2.05) is 14.1 Å². The van der Waals surface area contributed by atoms with Crippen LogP contribution in [0, 0.1) is 0 Å². The predicted octanol–water partition coefficient (Wildman–Crippen LogP) is 4.08. The summed E-state index contributed by atoms with van der Waals surface area (Å²) in [6.45, 7) is 2.80. The second-order valence-corrected chi connectivity index (χ2v) is 9.67. The van der Waals surface area contributed by atoms with Gasteiger partial charge in [-0.05, 0) is 44.8 Å². The summed E-state index contributed by atoms with van der Waals surface area (Å²) in [6.07, 6.45) is -0.0230. The summed E-state index contributed by atoms with van der Waals surface area (Å²) in [5.74, 6) is -1.43. The molecule has 1 heterocycles. The zero-order valence-electron chi connectivity index (χ0n) is 21.9. The number of hydrogen-bond donors (Lipinski definition) is 2. The molecule has 12 heteroatoms. The second-order valence-electron chi connectivity index (χ2n) is 8.89. The fourth-order valence-corrected chi connectivity index (χ4v) is 4.66. The third-order valence-electron chi connectivity index (χ3n) is 5.96. The van der Waals surface area contributed by atoms with Crippen molar-refractivity contribution in [1.82, 2.24) is 14.9 Å². The van der Waals surface area contributed by atoms with Gasteiger partial charge in [0.25, 0.3) is 0 Å². The minimum atomic E-state index is -0.910. The highest BCUT2D eigenvalue weighted by Gasteiger charge is 2.38. The molecule has 0 radical (unpaired) electrons. The molecule has 1 amide bonds. The Bertz CT molecular complexity index is 1430. The average molecular weight is 553 g/mol. The molecule has 11 nitrogen and oxygen atoms in total. The van der Waals surface area contributed by atoms with Crippen LogP contribution in [0.4, 0.5) is 4.79 Å². The number of aliphatic imine (C=N–C) groups is 1. The average Bonchev–Trinajstić information content (AvgIpc) is 3.23. The Labute approximate surface area is 229 Å². The van der Waals surface area contributed by atoms with Gasteiger partial charge in [0, 0.05) is 29.5 Å². The molecule has 1 aliphatic rings. The first kappa shape index (κ1) is 28.2. The van der Waals surface area contributed by atoms with Crippen molar-refractivity contribution in [3.05, 3.63) is 70.8 Å². The Hall–Kier alpha value is -3.81. The van der Waals surface area contributed by atoms with Crippen LogP contribution in [0.2, 0.25) is 0 Å². The van der Waals surface area contributed by atoms with E-state index in [1.54, 1.807) is 48.5 Å². The zero-order valence-corrected chi connectivity index (χ0v) is 22.7. The van der Waals surface area contributed by atoms with Gasteiger partial charge in [-0.15, -0.1) is 9.32 Å². The molecule has 0 fully saturated rings. The second kappa shape index (κ2) is 12.4. The molecule has 2 aromatic carbocycles. The number of nitrogens with one attached hydrogen (secondary N) is 1. The van der Waals surface area contributed by atoms with Crippen LogP contribution in [0.5, 0.6) is 5.88 Å². The van der Waals surface area contributed by atoms with Crippen LogP contribution in [0.1, 0.15) is 45.2 Å². The van der Waals surface area contributed by atoms with E-state index in [-0.39, 0.29) is 28.1 Å². The fraction of sp³-hybridized carbons (Fsp3) is 0.259. The van der Waals surface area contributed by atoms with Gasteiger partial charge in [-0.25, -0.2) is 9.36 Å². The van der Waals surface area contributed by atoms with Crippen molar-refractivity contribution in [1.29, 1.82) is 0 Å². The number of amides is 1. The van der Waals surface area contributed by atoms with Crippen molar-refractivity contribution in [2.75, 3.05) is 34.3 Å². The predicted molar refractivity (Wildman–Crippen MR) is 145 cm³/mol. The van der Waals surface area contributed by atoms with Crippen molar-refractivity contribution >= 4 is 35.5 Å². The molecule has 2 N–H and O–H groups in total. The normalized spacial score (nSPS) is 13.5. The van der Waals surface area contributed by atoms with Crippen LogP contribution < -0.4 is 5.48 Å². The third kappa shape index (κ3) is 5.95. The quantitative estimate of drug-likeness (QED) is 0.135. The number of carbonyl (C=O) groups is 3. The van der Waals surface area contributed by atoms with E-state index >= 15 is 0 Å². The molecule has 1 aromatic heterocycles. The monoisotopic (exact) mass is 552 g/mol. The standard InChI is InChI=1S/C27H28N4O7S/c1-16(32)31-24(17-10-12-18(13-11-17)39-38-37-28-14-7-15-30(2)3)22-21(26(31)34)23(29-27(35)36-4)19-8-5-6-9-20(19)25(22)33/h5-6,8-13,28,34H,7,14-15H2,1-4H3/b29-23+. The number of aromatic nitrogens is 1. The summed E-state index contributed by atoms with van der Waals surface area (Å²) in [5, 5.41) is 11.2. The fourth-order valence-electron chi connectivity index (χ4n) is 4.25. The highest BCUT2D eigenvalue weighted by molar-refractivity contribution is 7.94.